The van der Waals surface area contributed by atoms with E-state index < -0.39 is 0 Å². The van der Waals surface area contributed by atoms with Crippen molar-refractivity contribution < 1.29 is 9.53 Å². The van der Waals surface area contributed by atoms with Crippen LogP contribution in [0.3, 0.4) is 0 Å². The lowest BCUT2D eigenvalue weighted by molar-refractivity contribution is 0.102. The minimum absolute atomic E-state index is 0.180. The number of carbonyl (C=O) groups excluding carboxylic acids is 1. The fourth-order valence-electron chi connectivity index (χ4n) is 2.02. The molecule has 0 radical (unpaired) electrons. The van der Waals surface area contributed by atoms with Crippen LogP contribution in [0, 0.1) is 5.92 Å². The van der Waals surface area contributed by atoms with Crippen LogP contribution in [-0.4, -0.2) is 19.6 Å². The van der Waals surface area contributed by atoms with Gasteiger partial charge in [0.2, 0.25) is 0 Å². The summed E-state index contributed by atoms with van der Waals surface area (Å²) in [6.07, 6.45) is 0. The van der Waals surface area contributed by atoms with Crippen LogP contribution in [0.2, 0.25) is 0 Å². The number of carbonyl (C=O) groups is 1. The molecule has 4 nitrogen and oxygen atoms in total. The maximum atomic E-state index is 12.3. The van der Waals surface area contributed by atoms with Crippen LogP contribution in [0.4, 0.5) is 11.4 Å². The van der Waals surface area contributed by atoms with E-state index >= 15 is 0 Å². The summed E-state index contributed by atoms with van der Waals surface area (Å²) >= 11 is 0. The van der Waals surface area contributed by atoms with Gasteiger partial charge in [-0.1, -0.05) is 26.0 Å². The summed E-state index contributed by atoms with van der Waals surface area (Å²) in [5, 5.41) is 6.22. The molecule has 0 saturated heterocycles. The number of hydrogen-bond acceptors (Lipinski definition) is 3. The number of amides is 1. The summed E-state index contributed by atoms with van der Waals surface area (Å²) < 4.78 is 5.21. The zero-order valence-electron chi connectivity index (χ0n) is 13.2. The summed E-state index contributed by atoms with van der Waals surface area (Å²) in [6.45, 7) is 5.25. The molecule has 2 aromatic carbocycles. The highest BCUT2D eigenvalue weighted by Crippen LogP contribution is 2.20. The third-order valence-corrected chi connectivity index (χ3v) is 3.21. The third-order valence-electron chi connectivity index (χ3n) is 3.21. The highest BCUT2D eigenvalue weighted by atomic mass is 16.5. The first-order chi connectivity index (χ1) is 10.6. The molecule has 2 rings (SSSR count). The number of methoxy groups -OCH3 is 1. The molecule has 0 saturated carbocycles. The highest BCUT2D eigenvalue weighted by molar-refractivity contribution is 6.06. The maximum absolute atomic E-state index is 12.3. The Labute approximate surface area is 131 Å². The molecule has 0 aliphatic rings. The van der Waals surface area contributed by atoms with Gasteiger partial charge in [-0.05, 0) is 42.3 Å². The largest absolute Gasteiger partial charge is 0.496 e. The average Bonchev–Trinajstić information content (AvgIpc) is 2.54. The Hall–Kier alpha value is -2.49. The lowest BCUT2D eigenvalue weighted by Gasteiger charge is -2.11. The fraction of sp³-hybridized carbons (Fsp3) is 0.278. The summed E-state index contributed by atoms with van der Waals surface area (Å²) in [5.41, 5.74) is 2.32. The minimum Gasteiger partial charge on any atom is -0.496 e. The second-order valence-corrected chi connectivity index (χ2v) is 5.51. The molecule has 1 amide bonds. The number of ether oxygens (including phenoxy) is 1. The molecule has 0 aliphatic heterocycles. The van der Waals surface area contributed by atoms with Crippen molar-refractivity contribution in [3.05, 3.63) is 54.1 Å². The van der Waals surface area contributed by atoms with E-state index in [1.165, 1.54) is 0 Å². The molecule has 0 fully saturated rings. The van der Waals surface area contributed by atoms with Crippen LogP contribution >= 0.6 is 0 Å². The second-order valence-electron chi connectivity index (χ2n) is 5.51. The summed E-state index contributed by atoms with van der Waals surface area (Å²) in [7, 11) is 1.56. The SMILES string of the molecule is COc1ccccc1C(=O)Nc1ccc(NCC(C)C)cc1. The van der Waals surface area contributed by atoms with E-state index in [4.69, 9.17) is 4.74 Å². The number of benzene rings is 2. The molecule has 2 N–H and O–H groups in total. The van der Waals surface area contributed by atoms with Crippen LogP contribution in [0.15, 0.2) is 48.5 Å². The molecule has 4 heteroatoms. The van der Waals surface area contributed by atoms with Crippen molar-refractivity contribution in [2.45, 2.75) is 13.8 Å². The van der Waals surface area contributed by atoms with Gasteiger partial charge < -0.3 is 15.4 Å². The van der Waals surface area contributed by atoms with Crippen molar-refractivity contribution in [3.8, 4) is 5.75 Å². The molecule has 0 unspecified atom stereocenters. The zero-order chi connectivity index (χ0) is 15.9. The topological polar surface area (TPSA) is 50.4 Å². The Morgan fingerprint density at radius 1 is 1.05 bits per heavy atom. The number of anilines is 2. The summed E-state index contributed by atoms with van der Waals surface area (Å²) in [5.74, 6) is 0.973. The van der Waals surface area contributed by atoms with Gasteiger partial charge >= 0.3 is 0 Å². The molecule has 22 heavy (non-hydrogen) atoms. The van der Waals surface area contributed by atoms with Crippen molar-refractivity contribution in [2.24, 2.45) is 5.92 Å². The molecule has 116 valence electrons. The normalized spacial score (nSPS) is 10.4. The van der Waals surface area contributed by atoms with Gasteiger partial charge in [-0.25, -0.2) is 0 Å². The monoisotopic (exact) mass is 298 g/mol. The molecule has 0 heterocycles. The van der Waals surface area contributed by atoms with Crippen LogP contribution < -0.4 is 15.4 Å². The minimum atomic E-state index is -0.180. The van der Waals surface area contributed by atoms with Gasteiger partial charge in [0, 0.05) is 17.9 Å². The van der Waals surface area contributed by atoms with Gasteiger partial charge in [-0.15, -0.1) is 0 Å². The zero-order valence-corrected chi connectivity index (χ0v) is 13.2. The predicted octanol–water partition coefficient (Wildman–Crippen LogP) is 4.02. The summed E-state index contributed by atoms with van der Waals surface area (Å²) in [6, 6.07) is 14.9. The molecular formula is C18H22N2O2. The molecule has 0 spiro atoms. The number of rotatable bonds is 6. The third kappa shape index (κ3) is 4.25. The van der Waals surface area contributed by atoms with Gasteiger partial charge in [-0.2, -0.15) is 0 Å². The second kappa shape index (κ2) is 7.50. The van der Waals surface area contributed by atoms with Crippen LogP contribution in [0.25, 0.3) is 0 Å². The van der Waals surface area contributed by atoms with E-state index in [0.29, 0.717) is 17.2 Å². The van der Waals surface area contributed by atoms with E-state index in [2.05, 4.69) is 24.5 Å². The highest BCUT2D eigenvalue weighted by Gasteiger charge is 2.11. The van der Waals surface area contributed by atoms with Gasteiger partial charge in [-0.3, -0.25) is 4.79 Å². The lowest BCUT2D eigenvalue weighted by Crippen LogP contribution is -2.13. The molecule has 0 aliphatic carbocycles. The van der Waals surface area contributed by atoms with E-state index in [9.17, 15) is 4.79 Å². The summed E-state index contributed by atoms with van der Waals surface area (Å²) in [4.78, 5) is 12.3. The van der Waals surface area contributed by atoms with Crippen molar-refractivity contribution in [1.29, 1.82) is 0 Å². The van der Waals surface area contributed by atoms with Gasteiger partial charge in [0.25, 0.3) is 5.91 Å². The van der Waals surface area contributed by atoms with Crippen molar-refractivity contribution in [1.82, 2.24) is 0 Å². The van der Waals surface area contributed by atoms with Gasteiger partial charge in [0.15, 0.2) is 0 Å². The van der Waals surface area contributed by atoms with E-state index in [1.54, 1.807) is 19.2 Å². The van der Waals surface area contributed by atoms with E-state index in [0.717, 1.165) is 17.9 Å². The Morgan fingerprint density at radius 3 is 2.32 bits per heavy atom. The quantitative estimate of drug-likeness (QED) is 0.847. The smallest absolute Gasteiger partial charge is 0.259 e. The van der Waals surface area contributed by atoms with E-state index in [1.807, 2.05) is 36.4 Å². The Bertz CT molecular complexity index is 621. The van der Waals surface area contributed by atoms with Crippen molar-refractivity contribution in [3.63, 3.8) is 0 Å². The average molecular weight is 298 g/mol. The number of para-hydroxylation sites is 1. The molecule has 2 aromatic rings. The molecule has 0 bridgehead atoms. The predicted molar refractivity (Wildman–Crippen MR) is 90.7 cm³/mol. The first kappa shape index (κ1) is 15.9. The maximum Gasteiger partial charge on any atom is 0.259 e. The van der Waals surface area contributed by atoms with Crippen LogP contribution in [0.5, 0.6) is 5.75 Å². The molecule has 0 atom stereocenters. The van der Waals surface area contributed by atoms with Crippen LogP contribution in [0.1, 0.15) is 24.2 Å². The van der Waals surface area contributed by atoms with Crippen LogP contribution in [-0.2, 0) is 0 Å². The lowest BCUT2D eigenvalue weighted by atomic mass is 10.1. The van der Waals surface area contributed by atoms with Crippen molar-refractivity contribution >= 4 is 17.3 Å². The Kier molecular flexibility index (Phi) is 5.42. The number of hydrogen-bond donors (Lipinski definition) is 2. The van der Waals surface area contributed by atoms with E-state index in [-0.39, 0.29) is 5.91 Å². The fourth-order valence-corrected chi connectivity index (χ4v) is 2.02. The first-order valence-electron chi connectivity index (χ1n) is 7.38. The number of nitrogens with one attached hydrogen (secondary N) is 2. The molecular weight excluding hydrogens is 276 g/mol. The standard InChI is InChI=1S/C18H22N2O2/c1-13(2)12-19-14-8-10-15(11-9-14)20-18(21)16-6-4-5-7-17(16)22-3/h4-11,13,19H,12H2,1-3H3,(H,20,21). The first-order valence-corrected chi connectivity index (χ1v) is 7.38. The Balaban J connectivity index is 2.02. The molecule has 0 aromatic heterocycles. The Morgan fingerprint density at radius 2 is 1.68 bits per heavy atom. The van der Waals surface area contributed by atoms with Gasteiger partial charge in [0.05, 0.1) is 12.7 Å². The van der Waals surface area contributed by atoms with Gasteiger partial charge in [0.1, 0.15) is 5.75 Å². The van der Waals surface area contributed by atoms with Crippen molar-refractivity contribution in [2.75, 3.05) is 24.3 Å².